The standard InChI is InChI=1S/C11H16ClFN2.ClH/c12-9-5-8(6-10(13)7-9)11(15)3-1-2-4-14;/h5-7,11H,1-4,14-15H2;1H/t11-;/m1./s1. The van der Waals surface area contributed by atoms with Gasteiger partial charge in [0.25, 0.3) is 0 Å². The van der Waals surface area contributed by atoms with Crippen LogP contribution < -0.4 is 11.5 Å². The lowest BCUT2D eigenvalue weighted by Gasteiger charge is -2.12. The Labute approximate surface area is 107 Å². The lowest BCUT2D eigenvalue weighted by Crippen LogP contribution is -2.11. The molecule has 1 rings (SSSR count). The van der Waals surface area contributed by atoms with Gasteiger partial charge in [-0.3, -0.25) is 0 Å². The molecule has 0 amide bonds. The molecular weight excluding hydrogens is 250 g/mol. The Morgan fingerprint density at radius 1 is 1.25 bits per heavy atom. The fourth-order valence-corrected chi connectivity index (χ4v) is 1.69. The molecule has 16 heavy (non-hydrogen) atoms. The van der Waals surface area contributed by atoms with Crippen LogP contribution in [0.3, 0.4) is 0 Å². The van der Waals surface area contributed by atoms with Gasteiger partial charge in [-0.25, -0.2) is 4.39 Å². The predicted molar refractivity (Wildman–Crippen MR) is 68.5 cm³/mol. The Morgan fingerprint density at radius 3 is 2.50 bits per heavy atom. The monoisotopic (exact) mass is 266 g/mol. The summed E-state index contributed by atoms with van der Waals surface area (Å²) in [5, 5.41) is 0.388. The molecule has 0 bridgehead atoms. The first-order valence-electron chi connectivity index (χ1n) is 5.05. The van der Waals surface area contributed by atoms with E-state index in [1.807, 2.05) is 0 Å². The van der Waals surface area contributed by atoms with Gasteiger partial charge in [-0.1, -0.05) is 18.0 Å². The van der Waals surface area contributed by atoms with Crippen LogP contribution >= 0.6 is 24.0 Å². The number of unbranched alkanes of at least 4 members (excludes halogenated alkanes) is 1. The summed E-state index contributed by atoms with van der Waals surface area (Å²) in [6, 6.07) is 4.25. The van der Waals surface area contributed by atoms with Gasteiger partial charge in [0.1, 0.15) is 5.82 Å². The highest BCUT2D eigenvalue weighted by Crippen LogP contribution is 2.21. The fraction of sp³-hybridized carbons (Fsp3) is 0.455. The average Bonchev–Trinajstić information content (AvgIpc) is 2.16. The van der Waals surface area contributed by atoms with E-state index in [-0.39, 0.29) is 24.3 Å². The predicted octanol–water partition coefficient (Wildman–Crippen LogP) is 3.03. The Kier molecular flexibility index (Phi) is 7.68. The molecule has 0 saturated carbocycles. The van der Waals surface area contributed by atoms with Crippen LogP contribution in [0.5, 0.6) is 0 Å². The minimum atomic E-state index is -0.341. The second kappa shape index (κ2) is 7.85. The van der Waals surface area contributed by atoms with E-state index in [2.05, 4.69) is 0 Å². The molecule has 2 nitrogen and oxygen atoms in total. The molecule has 0 aliphatic carbocycles. The van der Waals surface area contributed by atoms with Crippen molar-refractivity contribution in [1.29, 1.82) is 0 Å². The topological polar surface area (TPSA) is 52.0 Å². The van der Waals surface area contributed by atoms with Crippen LogP contribution in [-0.4, -0.2) is 6.54 Å². The maximum absolute atomic E-state index is 13.0. The highest BCUT2D eigenvalue weighted by atomic mass is 35.5. The summed E-state index contributed by atoms with van der Waals surface area (Å²) in [5.74, 6) is -0.341. The van der Waals surface area contributed by atoms with E-state index < -0.39 is 0 Å². The molecule has 0 aromatic heterocycles. The van der Waals surface area contributed by atoms with Crippen molar-refractivity contribution in [2.24, 2.45) is 11.5 Å². The zero-order valence-electron chi connectivity index (χ0n) is 8.96. The van der Waals surface area contributed by atoms with E-state index in [1.54, 1.807) is 6.07 Å². The lowest BCUT2D eigenvalue weighted by molar-refractivity contribution is 0.580. The lowest BCUT2D eigenvalue weighted by atomic mass is 10.0. The van der Waals surface area contributed by atoms with Crippen LogP contribution in [0, 0.1) is 5.82 Å². The molecule has 1 aromatic carbocycles. The molecule has 92 valence electrons. The van der Waals surface area contributed by atoms with Gasteiger partial charge in [0.2, 0.25) is 0 Å². The zero-order chi connectivity index (χ0) is 11.3. The maximum atomic E-state index is 13.0. The Hall–Kier alpha value is -0.350. The number of hydrogen-bond acceptors (Lipinski definition) is 2. The highest BCUT2D eigenvalue weighted by molar-refractivity contribution is 6.30. The summed E-state index contributed by atoms with van der Waals surface area (Å²) in [6.07, 6.45) is 2.69. The van der Waals surface area contributed by atoms with Gasteiger partial charge in [0.15, 0.2) is 0 Å². The molecule has 4 N–H and O–H groups in total. The Morgan fingerprint density at radius 2 is 1.94 bits per heavy atom. The molecule has 0 heterocycles. The van der Waals surface area contributed by atoms with Gasteiger partial charge < -0.3 is 11.5 Å². The van der Waals surface area contributed by atoms with Crippen molar-refractivity contribution in [1.82, 2.24) is 0 Å². The fourth-order valence-electron chi connectivity index (χ4n) is 1.46. The van der Waals surface area contributed by atoms with E-state index in [0.717, 1.165) is 24.8 Å². The minimum Gasteiger partial charge on any atom is -0.330 e. The summed E-state index contributed by atoms with van der Waals surface area (Å²) >= 11 is 5.74. The first kappa shape index (κ1) is 15.7. The molecule has 0 saturated heterocycles. The van der Waals surface area contributed by atoms with Crippen LogP contribution in [0.1, 0.15) is 30.9 Å². The quantitative estimate of drug-likeness (QED) is 0.806. The molecule has 0 unspecified atom stereocenters. The van der Waals surface area contributed by atoms with Gasteiger partial charge in [0, 0.05) is 11.1 Å². The molecular formula is C11H17Cl2FN2. The smallest absolute Gasteiger partial charge is 0.125 e. The normalized spacial score (nSPS) is 12.0. The van der Waals surface area contributed by atoms with Crippen molar-refractivity contribution in [2.45, 2.75) is 25.3 Å². The highest BCUT2D eigenvalue weighted by Gasteiger charge is 2.07. The van der Waals surface area contributed by atoms with Gasteiger partial charge in [0.05, 0.1) is 0 Å². The molecule has 0 radical (unpaired) electrons. The van der Waals surface area contributed by atoms with Crippen LogP contribution in [-0.2, 0) is 0 Å². The van der Waals surface area contributed by atoms with E-state index >= 15 is 0 Å². The van der Waals surface area contributed by atoms with Crippen LogP contribution in [0.4, 0.5) is 4.39 Å². The van der Waals surface area contributed by atoms with Crippen molar-refractivity contribution in [3.63, 3.8) is 0 Å². The van der Waals surface area contributed by atoms with E-state index in [1.165, 1.54) is 12.1 Å². The molecule has 0 spiro atoms. The molecule has 1 aromatic rings. The van der Waals surface area contributed by atoms with Gasteiger partial charge in [-0.15, -0.1) is 12.4 Å². The van der Waals surface area contributed by atoms with Crippen LogP contribution in [0.25, 0.3) is 0 Å². The summed E-state index contributed by atoms with van der Waals surface area (Å²) in [7, 11) is 0. The third-order valence-corrected chi connectivity index (χ3v) is 2.50. The first-order chi connectivity index (χ1) is 7.13. The van der Waals surface area contributed by atoms with Crippen LogP contribution in [0.15, 0.2) is 18.2 Å². The van der Waals surface area contributed by atoms with E-state index in [0.29, 0.717) is 11.6 Å². The number of hydrogen-bond donors (Lipinski definition) is 2. The van der Waals surface area contributed by atoms with E-state index in [9.17, 15) is 4.39 Å². The molecule has 0 fully saturated rings. The number of benzene rings is 1. The van der Waals surface area contributed by atoms with E-state index in [4.69, 9.17) is 23.1 Å². The number of halogens is 3. The zero-order valence-corrected chi connectivity index (χ0v) is 10.5. The second-order valence-corrected chi connectivity index (χ2v) is 4.03. The number of rotatable bonds is 5. The average molecular weight is 267 g/mol. The van der Waals surface area contributed by atoms with Crippen molar-refractivity contribution < 1.29 is 4.39 Å². The third kappa shape index (κ3) is 5.12. The molecule has 1 atom stereocenters. The maximum Gasteiger partial charge on any atom is 0.125 e. The first-order valence-corrected chi connectivity index (χ1v) is 5.43. The van der Waals surface area contributed by atoms with Crippen molar-refractivity contribution in [3.05, 3.63) is 34.6 Å². The minimum absolute atomic E-state index is 0. The summed E-state index contributed by atoms with van der Waals surface area (Å²) in [5.41, 5.74) is 12.0. The van der Waals surface area contributed by atoms with Gasteiger partial charge in [-0.2, -0.15) is 0 Å². The molecule has 5 heteroatoms. The summed E-state index contributed by atoms with van der Waals surface area (Å²) < 4.78 is 13.0. The largest absolute Gasteiger partial charge is 0.330 e. The van der Waals surface area contributed by atoms with Crippen molar-refractivity contribution in [2.75, 3.05) is 6.54 Å². The number of nitrogens with two attached hydrogens (primary N) is 2. The van der Waals surface area contributed by atoms with Gasteiger partial charge >= 0.3 is 0 Å². The summed E-state index contributed by atoms with van der Waals surface area (Å²) in [4.78, 5) is 0. The molecule has 0 aliphatic rings. The molecule has 0 aliphatic heterocycles. The second-order valence-electron chi connectivity index (χ2n) is 3.59. The third-order valence-electron chi connectivity index (χ3n) is 2.28. The SMILES string of the molecule is Cl.NCCCC[C@@H](N)c1cc(F)cc(Cl)c1. The summed E-state index contributed by atoms with van der Waals surface area (Å²) in [6.45, 7) is 0.663. The Balaban J connectivity index is 0.00000225. The van der Waals surface area contributed by atoms with Crippen molar-refractivity contribution in [3.8, 4) is 0 Å². The Bertz CT molecular complexity index is 301. The van der Waals surface area contributed by atoms with Crippen molar-refractivity contribution >= 4 is 24.0 Å². The van der Waals surface area contributed by atoms with Gasteiger partial charge in [-0.05, 0) is 43.1 Å². The van der Waals surface area contributed by atoms with Crippen LogP contribution in [0.2, 0.25) is 5.02 Å².